The van der Waals surface area contributed by atoms with Crippen LogP contribution in [0.2, 0.25) is 0 Å². The largest absolute Gasteiger partial charge is 0.374 e. The summed E-state index contributed by atoms with van der Waals surface area (Å²) < 4.78 is 0. The van der Waals surface area contributed by atoms with Gasteiger partial charge in [0.15, 0.2) is 0 Å². The molecular weight excluding hydrogens is 300 g/mol. The van der Waals surface area contributed by atoms with Crippen molar-refractivity contribution >= 4 is 24.3 Å². The summed E-state index contributed by atoms with van der Waals surface area (Å²) >= 11 is 0. The van der Waals surface area contributed by atoms with Gasteiger partial charge >= 0.3 is 6.03 Å². The van der Waals surface area contributed by atoms with E-state index in [9.17, 15) is 24.6 Å². The number of aldehydes is 1. The molecule has 1 rings (SSSR count). The molecule has 124 valence electrons. The van der Waals surface area contributed by atoms with Crippen molar-refractivity contribution in [2.24, 2.45) is 0 Å². The number of hydrogen-bond acceptors (Lipinski definition) is 5. The van der Waals surface area contributed by atoms with Gasteiger partial charge in [-0.25, -0.2) is 4.79 Å². The fraction of sp³-hybridized carbons (Fsp3) is 0.312. The molecule has 2 atom stereocenters. The summed E-state index contributed by atoms with van der Waals surface area (Å²) in [7, 11) is 0. The lowest BCUT2D eigenvalue weighted by Gasteiger charge is -2.32. The Morgan fingerprint density at radius 2 is 1.70 bits per heavy atom. The van der Waals surface area contributed by atoms with Crippen LogP contribution < -0.4 is 0 Å². The summed E-state index contributed by atoms with van der Waals surface area (Å²) in [4.78, 5) is 36.5. The molecule has 0 aromatic heterocycles. The van der Waals surface area contributed by atoms with Crippen LogP contribution in [0.5, 0.6) is 0 Å². The van der Waals surface area contributed by atoms with E-state index in [1.807, 2.05) is 6.07 Å². The molecule has 1 aromatic rings. The SMILES string of the molecule is CC(O)N(C(=O)N(CC=O)C(=O)/C=C/c1ccccc1)C(C)O. The van der Waals surface area contributed by atoms with Crippen molar-refractivity contribution in [3.63, 3.8) is 0 Å². The zero-order valence-electron chi connectivity index (χ0n) is 13.0. The first-order valence-electron chi connectivity index (χ1n) is 7.05. The van der Waals surface area contributed by atoms with Crippen LogP contribution in [0.15, 0.2) is 36.4 Å². The Balaban J connectivity index is 2.96. The standard InChI is InChI=1S/C16H20N2O5/c1-12(20)18(13(2)21)16(23)17(10-11-19)15(22)9-8-14-6-4-3-5-7-14/h3-9,11-13,20-21H,10H2,1-2H3/b9-8+. The van der Waals surface area contributed by atoms with Crippen LogP contribution in [0.4, 0.5) is 4.79 Å². The number of imide groups is 1. The molecule has 0 spiro atoms. The lowest BCUT2D eigenvalue weighted by Crippen LogP contribution is -2.53. The van der Waals surface area contributed by atoms with E-state index < -0.39 is 30.9 Å². The number of aliphatic hydroxyl groups is 2. The van der Waals surface area contributed by atoms with Gasteiger partial charge in [-0.15, -0.1) is 0 Å². The predicted octanol–water partition coefficient (Wildman–Crippen LogP) is 0.826. The Labute approximate surface area is 134 Å². The molecule has 0 saturated heterocycles. The first kappa shape index (κ1) is 18.5. The lowest BCUT2D eigenvalue weighted by atomic mass is 10.2. The van der Waals surface area contributed by atoms with Gasteiger partial charge < -0.3 is 15.0 Å². The van der Waals surface area contributed by atoms with Crippen molar-refractivity contribution in [2.45, 2.75) is 26.3 Å². The monoisotopic (exact) mass is 320 g/mol. The van der Waals surface area contributed by atoms with Crippen LogP contribution in [-0.2, 0) is 9.59 Å². The highest BCUT2D eigenvalue weighted by Gasteiger charge is 2.30. The van der Waals surface area contributed by atoms with Gasteiger partial charge in [0, 0.05) is 6.08 Å². The lowest BCUT2D eigenvalue weighted by molar-refractivity contribution is -0.128. The van der Waals surface area contributed by atoms with Gasteiger partial charge in [-0.1, -0.05) is 30.3 Å². The molecule has 23 heavy (non-hydrogen) atoms. The fourth-order valence-corrected chi connectivity index (χ4v) is 1.93. The maximum atomic E-state index is 12.3. The van der Waals surface area contributed by atoms with Crippen molar-refractivity contribution in [3.05, 3.63) is 42.0 Å². The highest BCUT2D eigenvalue weighted by molar-refractivity contribution is 6.03. The van der Waals surface area contributed by atoms with Crippen LogP contribution in [0.3, 0.4) is 0 Å². The zero-order chi connectivity index (χ0) is 17.4. The van der Waals surface area contributed by atoms with Crippen molar-refractivity contribution < 1.29 is 24.6 Å². The summed E-state index contributed by atoms with van der Waals surface area (Å²) in [5.41, 5.74) is 0.752. The Morgan fingerprint density at radius 1 is 1.13 bits per heavy atom. The van der Waals surface area contributed by atoms with Crippen LogP contribution in [0.1, 0.15) is 19.4 Å². The van der Waals surface area contributed by atoms with Crippen molar-refractivity contribution in [2.75, 3.05) is 6.54 Å². The Hall–Kier alpha value is -2.51. The summed E-state index contributed by atoms with van der Waals surface area (Å²) in [6.07, 6.45) is 0.417. The molecule has 3 amide bonds. The van der Waals surface area contributed by atoms with Gasteiger partial charge in [0.2, 0.25) is 0 Å². The normalized spacial score (nSPS) is 13.4. The summed E-state index contributed by atoms with van der Waals surface area (Å²) in [5, 5.41) is 19.1. The van der Waals surface area contributed by atoms with Gasteiger partial charge in [-0.3, -0.25) is 14.6 Å². The average Bonchev–Trinajstić information content (AvgIpc) is 2.50. The molecule has 0 radical (unpaired) electrons. The molecule has 1 aromatic carbocycles. The molecule has 0 bridgehead atoms. The van der Waals surface area contributed by atoms with E-state index in [4.69, 9.17) is 0 Å². The van der Waals surface area contributed by atoms with E-state index >= 15 is 0 Å². The molecule has 0 heterocycles. The van der Waals surface area contributed by atoms with Crippen LogP contribution in [0.25, 0.3) is 6.08 Å². The second-order valence-corrected chi connectivity index (χ2v) is 4.81. The van der Waals surface area contributed by atoms with E-state index in [0.717, 1.165) is 11.6 Å². The van der Waals surface area contributed by atoms with E-state index in [1.165, 1.54) is 19.9 Å². The second kappa shape index (κ2) is 8.82. The third-order valence-corrected chi connectivity index (χ3v) is 3.00. The maximum absolute atomic E-state index is 12.3. The minimum absolute atomic E-state index is 0.397. The molecule has 0 aliphatic rings. The molecular formula is C16H20N2O5. The highest BCUT2D eigenvalue weighted by atomic mass is 16.3. The van der Waals surface area contributed by atoms with Crippen LogP contribution in [-0.4, -0.2) is 57.2 Å². The summed E-state index contributed by atoms with van der Waals surface area (Å²) in [6, 6.07) is 8.00. The van der Waals surface area contributed by atoms with Gasteiger partial charge in [-0.05, 0) is 25.5 Å². The van der Waals surface area contributed by atoms with E-state index in [1.54, 1.807) is 24.3 Å². The summed E-state index contributed by atoms with van der Waals surface area (Å²) in [5.74, 6) is -0.725. The topological polar surface area (TPSA) is 98.2 Å². The molecule has 0 aliphatic carbocycles. The minimum atomic E-state index is -1.32. The Bertz CT molecular complexity index is 561. The second-order valence-electron chi connectivity index (χ2n) is 4.81. The number of hydrogen-bond donors (Lipinski definition) is 2. The number of benzene rings is 1. The first-order valence-corrected chi connectivity index (χ1v) is 7.05. The number of rotatable bonds is 6. The van der Waals surface area contributed by atoms with Crippen LogP contribution in [0, 0.1) is 0 Å². The van der Waals surface area contributed by atoms with Gasteiger partial charge in [0.05, 0.1) is 6.54 Å². The molecule has 0 fully saturated rings. The number of aliphatic hydroxyl groups excluding tert-OH is 2. The number of carbonyl (C=O) groups is 3. The highest BCUT2D eigenvalue weighted by Crippen LogP contribution is 2.09. The smallest absolute Gasteiger partial charge is 0.331 e. The molecule has 7 nitrogen and oxygen atoms in total. The van der Waals surface area contributed by atoms with Crippen molar-refractivity contribution in [3.8, 4) is 0 Å². The van der Waals surface area contributed by atoms with Crippen molar-refractivity contribution in [1.29, 1.82) is 0 Å². The number of nitrogens with zero attached hydrogens (tertiary/aromatic N) is 2. The van der Waals surface area contributed by atoms with Gasteiger partial charge in [-0.2, -0.15) is 0 Å². The molecule has 2 unspecified atom stereocenters. The minimum Gasteiger partial charge on any atom is -0.374 e. The zero-order valence-corrected chi connectivity index (χ0v) is 13.0. The predicted molar refractivity (Wildman–Crippen MR) is 83.8 cm³/mol. The third-order valence-electron chi connectivity index (χ3n) is 3.00. The Kier molecular flexibility index (Phi) is 7.11. The molecule has 0 aliphatic heterocycles. The Morgan fingerprint density at radius 3 is 2.17 bits per heavy atom. The molecule has 2 N–H and O–H groups in total. The molecule has 0 saturated carbocycles. The van der Waals surface area contributed by atoms with Gasteiger partial charge in [0.25, 0.3) is 5.91 Å². The van der Waals surface area contributed by atoms with Crippen molar-refractivity contribution in [1.82, 2.24) is 9.80 Å². The summed E-state index contributed by atoms with van der Waals surface area (Å²) in [6.45, 7) is 2.06. The molecule has 7 heteroatoms. The van der Waals surface area contributed by atoms with E-state index in [2.05, 4.69) is 0 Å². The first-order chi connectivity index (χ1) is 10.9. The van der Waals surface area contributed by atoms with Crippen LogP contribution >= 0.6 is 0 Å². The van der Waals surface area contributed by atoms with E-state index in [0.29, 0.717) is 16.1 Å². The number of urea groups is 1. The number of carbonyl (C=O) groups excluding carboxylic acids is 3. The third kappa shape index (κ3) is 5.32. The fourth-order valence-electron chi connectivity index (χ4n) is 1.93. The average molecular weight is 320 g/mol. The van der Waals surface area contributed by atoms with Gasteiger partial charge in [0.1, 0.15) is 18.7 Å². The van der Waals surface area contributed by atoms with E-state index in [-0.39, 0.29) is 0 Å². The quantitative estimate of drug-likeness (QED) is 0.459. The number of amides is 3. The maximum Gasteiger partial charge on any atom is 0.331 e.